The standard InChI is InChI=1S/C31H32N2/c1-21(2)23-11-17-30-28(19-23)29-20-24(22(3)4)12-18-31(29)33(30)27-15-13-26(14-16-27)32(5)25-9-7-6-8-10-25/h6-22H,1-5H3. The van der Waals surface area contributed by atoms with Gasteiger partial charge in [-0.05, 0) is 83.6 Å². The van der Waals surface area contributed by atoms with Crippen molar-refractivity contribution in [2.45, 2.75) is 39.5 Å². The van der Waals surface area contributed by atoms with Gasteiger partial charge in [0.25, 0.3) is 0 Å². The largest absolute Gasteiger partial charge is 0.345 e. The van der Waals surface area contributed by atoms with E-state index in [0.29, 0.717) is 11.8 Å². The SMILES string of the molecule is CC(C)c1ccc2c(c1)c1cc(C(C)C)ccc1n2-c1ccc(N(C)c2ccccc2)cc1. The lowest BCUT2D eigenvalue weighted by Crippen LogP contribution is -2.09. The molecule has 2 heteroatoms. The van der Waals surface area contributed by atoms with Crippen LogP contribution in [0.25, 0.3) is 27.5 Å². The summed E-state index contributed by atoms with van der Waals surface area (Å²) in [6, 6.07) is 33.3. The van der Waals surface area contributed by atoms with Crippen molar-refractivity contribution in [3.05, 3.63) is 102 Å². The second-order valence-corrected chi connectivity index (χ2v) is 9.61. The van der Waals surface area contributed by atoms with Gasteiger partial charge < -0.3 is 9.47 Å². The van der Waals surface area contributed by atoms with Gasteiger partial charge in [-0.2, -0.15) is 0 Å². The predicted octanol–water partition coefficient (Wildman–Crippen LogP) is 8.80. The van der Waals surface area contributed by atoms with Gasteiger partial charge in [-0.15, -0.1) is 0 Å². The summed E-state index contributed by atoms with van der Waals surface area (Å²) in [6.45, 7) is 9.06. The molecular formula is C31H32N2. The number of fused-ring (bicyclic) bond motifs is 3. The Morgan fingerprint density at radius 1 is 0.576 bits per heavy atom. The van der Waals surface area contributed by atoms with Gasteiger partial charge in [-0.3, -0.25) is 0 Å². The Morgan fingerprint density at radius 2 is 1.06 bits per heavy atom. The molecule has 4 aromatic carbocycles. The molecule has 0 aliphatic heterocycles. The molecule has 33 heavy (non-hydrogen) atoms. The zero-order valence-corrected chi connectivity index (χ0v) is 20.2. The third-order valence-electron chi connectivity index (χ3n) is 6.79. The van der Waals surface area contributed by atoms with Crippen molar-refractivity contribution in [3.63, 3.8) is 0 Å². The average molecular weight is 433 g/mol. The molecule has 0 aliphatic rings. The molecule has 0 bridgehead atoms. The Kier molecular flexibility index (Phi) is 5.46. The molecule has 0 amide bonds. The lowest BCUT2D eigenvalue weighted by Gasteiger charge is -2.20. The number of nitrogens with zero attached hydrogens (tertiary/aromatic N) is 2. The van der Waals surface area contributed by atoms with Crippen molar-refractivity contribution in [2.75, 3.05) is 11.9 Å². The fraction of sp³-hybridized carbons (Fsp3) is 0.226. The van der Waals surface area contributed by atoms with Crippen LogP contribution in [0.5, 0.6) is 0 Å². The van der Waals surface area contributed by atoms with Crippen molar-refractivity contribution >= 4 is 33.2 Å². The molecule has 166 valence electrons. The van der Waals surface area contributed by atoms with Crippen molar-refractivity contribution < 1.29 is 0 Å². The van der Waals surface area contributed by atoms with E-state index in [1.807, 2.05) is 0 Å². The summed E-state index contributed by atoms with van der Waals surface area (Å²) in [4.78, 5) is 2.22. The summed E-state index contributed by atoms with van der Waals surface area (Å²) < 4.78 is 2.41. The summed E-state index contributed by atoms with van der Waals surface area (Å²) in [7, 11) is 2.12. The molecule has 0 saturated carbocycles. The molecule has 0 fully saturated rings. The van der Waals surface area contributed by atoms with E-state index in [9.17, 15) is 0 Å². The summed E-state index contributed by atoms with van der Waals surface area (Å²) in [6.07, 6.45) is 0. The smallest absolute Gasteiger partial charge is 0.0541 e. The van der Waals surface area contributed by atoms with E-state index in [-0.39, 0.29) is 0 Å². The number of benzene rings is 4. The molecule has 5 aromatic rings. The van der Waals surface area contributed by atoms with Crippen LogP contribution in [0, 0.1) is 0 Å². The minimum Gasteiger partial charge on any atom is -0.345 e. The summed E-state index contributed by atoms with van der Waals surface area (Å²) >= 11 is 0. The average Bonchev–Trinajstić information content (AvgIpc) is 3.17. The first-order chi connectivity index (χ1) is 15.9. The highest BCUT2D eigenvalue weighted by molar-refractivity contribution is 6.09. The van der Waals surface area contributed by atoms with Crippen LogP contribution in [0.1, 0.15) is 50.7 Å². The number of para-hydroxylation sites is 1. The van der Waals surface area contributed by atoms with Gasteiger partial charge in [0.1, 0.15) is 0 Å². The lowest BCUT2D eigenvalue weighted by atomic mass is 9.98. The Hall–Kier alpha value is -3.52. The maximum Gasteiger partial charge on any atom is 0.0541 e. The van der Waals surface area contributed by atoms with E-state index in [0.717, 1.165) is 0 Å². The summed E-state index contributed by atoms with van der Waals surface area (Å²) in [5.41, 5.74) is 8.85. The molecule has 0 atom stereocenters. The predicted molar refractivity (Wildman–Crippen MR) is 143 cm³/mol. The van der Waals surface area contributed by atoms with E-state index in [1.54, 1.807) is 0 Å². The third kappa shape index (κ3) is 3.80. The van der Waals surface area contributed by atoms with Crippen LogP contribution in [0.3, 0.4) is 0 Å². The van der Waals surface area contributed by atoms with Crippen LogP contribution < -0.4 is 4.90 Å². The highest BCUT2D eigenvalue weighted by Crippen LogP contribution is 2.36. The van der Waals surface area contributed by atoms with Gasteiger partial charge in [0.15, 0.2) is 0 Å². The molecule has 0 N–H and O–H groups in total. The molecule has 0 spiro atoms. The van der Waals surface area contributed by atoms with E-state index < -0.39 is 0 Å². The molecule has 0 unspecified atom stereocenters. The minimum atomic E-state index is 0.508. The maximum atomic E-state index is 2.41. The molecule has 1 aromatic heterocycles. The minimum absolute atomic E-state index is 0.508. The highest BCUT2D eigenvalue weighted by Gasteiger charge is 2.15. The normalized spacial score (nSPS) is 11.7. The van der Waals surface area contributed by atoms with Crippen LogP contribution in [0.4, 0.5) is 11.4 Å². The highest BCUT2D eigenvalue weighted by atomic mass is 15.1. The Morgan fingerprint density at radius 3 is 1.55 bits per heavy atom. The second kappa shape index (κ2) is 8.44. The number of hydrogen-bond donors (Lipinski definition) is 0. The van der Waals surface area contributed by atoms with E-state index in [4.69, 9.17) is 0 Å². The molecule has 0 radical (unpaired) electrons. The topological polar surface area (TPSA) is 8.17 Å². The number of hydrogen-bond acceptors (Lipinski definition) is 1. The number of rotatable bonds is 5. The summed E-state index contributed by atoms with van der Waals surface area (Å²) in [5, 5.41) is 2.67. The summed E-state index contributed by atoms with van der Waals surface area (Å²) in [5.74, 6) is 1.02. The fourth-order valence-corrected chi connectivity index (χ4v) is 4.68. The first-order valence-corrected chi connectivity index (χ1v) is 11.9. The third-order valence-corrected chi connectivity index (χ3v) is 6.79. The van der Waals surface area contributed by atoms with Gasteiger partial charge in [0, 0.05) is 34.9 Å². The maximum absolute atomic E-state index is 2.41. The van der Waals surface area contributed by atoms with E-state index in [2.05, 4.69) is 135 Å². The molecule has 1 heterocycles. The van der Waals surface area contributed by atoms with Crippen molar-refractivity contribution in [1.29, 1.82) is 0 Å². The zero-order chi connectivity index (χ0) is 23.1. The lowest BCUT2D eigenvalue weighted by molar-refractivity contribution is 0.868. The molecule has 0 aliphatic carbocycles. The van der Waals surface area contributed by atoms with Crippen molar-refractivity contribution in [1.82, 2.24) is 4.57 Å². The Labute approximate surface area is 197 Å². The number of anilines is 2. The van der Waals surface area contributed by atoms with E-state index in [1.165, 1.54) is 50.0 Å². The van der Waals surface area contributed by atoms with Crippen LogP contribution in [-0.4, -0.2) is 11.6 Å². The van der Waals surface area contributed by atoms with Gasteiger partial charge in [0.05, 0.1) is 11.0 Å². The van der Waals surface area contributed by atoms with Gasteiger partial charge in [-0.1, -0.05) is 58.0 Å². The van der Waals surface area contributed by atoms with Gasteiger partial charge >= 0.3 is 0 Å². The molecule has 5 rings (SSSR count). The Bertz CT molecular complexity index is 1340. The van der Waals surface area contributed by atoms with Crippen molar-refractivity contribution in [2.24, 2.45) is 0 Å². The van der Waals surface area contributed by atoms with Crippen LogP contribution >= 0.6 is 0 Å². The van der Waals surface area contributed by atoms with E-state index >= 15 is 0 Å². The van der Waals surface area contributed by atoms with Crippen molar-refractivity contribution in [3.8, 4) is 5.69 Å². The molecular weight excluding hydrogens is 400 g/mol. The van der Waals surface area contributed by atoms with Crippen LogP contribution in [0.15, 0.2) is 91.0 Å². The molecule has 2 nitrogen and oxygen atoms in total. The monoisotopic (exact) mass is 432 g/mol. The number of aromatic nitrogens is 1. The first-order valence-electron chi connectivity index (χ1n) is 11.9. The quantitative estimate of drug-likeness (QED) is 0.269. The second-order valence-electron chi connectivity index (χ2n) is 9.61. The first kappa shape index (κ1) is 21.3. The molecule has 0 saturated heterocycles. The fourth-order valence-electron chi connectivity index (χ4n) is 4.68. The van der Waals surface area contributed by atoms with Gasteiger partial charge in [-0.25, -0.2) is 0 Å². The van der Waals surface area contributed by atoms with Crippen LogP contribution in [-0.2, 0) is 0 Å². The van der Waals surface area contributed by atoms with Gasteiger partial charge in [0.2, 0.25) is 0 Å². The Balaban J connectivity index is 1.67. The van der Waals surface area contributed by atoms with Crippen LogP contribution in [0.2, 0.25) is 0 Å². The zero-order valence-electron chi connectivity index (χ0n) is 20.2.